The number of nitrogens with zero attached hydrogens (tertiary/aromatic N) is 3. The summed E-state index contributed by atoms with van der Waals surface area (Å²) in [5.41, 5.74) is 3.05. The molecule has 0 bridgehead atoms. The van der Waals surface area contributed by atoms with E-state index in [9.17, 15) is 4.79 Å². The third-order valence-electron chi connectivity index (χ3n) is 4.75. The van der Waals surface area contributed by atoms with Crippen LogP contribution in [0.2, 0.25) is 0 Å². The molecule has 1 aromatic rings. The molecule has 0 unspecified atom stereocenters. The molecule has 0 spiro atoms. The van der Waals surface area contributed by atoms with Gasteiger partial charge >= 0.3 is 0 Å². The first-order valence-electron chi connectivity index (χ1n) is 8.18. The lowest BCUT2D eigenvalue weighted by molar-refractivity contribution is -0.132. The molecular formula is C16H25N3OS. The number of thiazole rings is 1. The summed E-state index contributed by atoms with van der Waals surface area (Å²) < 4.78 is 0. The minimum absolute atomic E-state index is 0.386. The van der Waals surface area contributed by atoms with Crippen molar-refractivity contribution in [3.05, 3.63) is 16.6 Å². The Balaban J connectivity index is 1.47. The molecule has 2 fully saturated rings. The molecule has 21 heavy (non-hydrogen) atoms. The highest BCUT2D eigenvalue weighted by Gasteiger charge is 2.24. The van der Waals surface area contributed by atoms with Gasteiger partial charge in [-0.05, 0) is 25.2 Å². The van der Waals surface area contributed by atoms with Crippen LogP contribution in [-0.4, -0.2) is 46.9 Å². The van der Waals surface area contributed by atoms with Crippen molar-refractivity contribution < 1.29 is 4.79 Å². The van der Waals surface area contributed by atoms with Crippen molar-refractivity contribution in [2.45, 2.75) is 45.1 Å². The molecule has 1 aliphatic heterocycles. The minimum atomic E-state index is 0.386. The second-order valence-corrected chi connectivity index (χ2v) is 7.06. The zero-order valence-electron chi connectivity index (χ0n) is 12.7. The zero-order chi connectivity index (χ0) is 14.5. The van der Waals surface area contributed by atoms with E-state index in [-0.39, 0.29) is 0 Å². The van der Waals surface area contributed by atoms with Crippen molar-refractivity contribution in [2.75, 3.05) is 26.2 Å². The number of amides is 1. The van der Waals surface area contributed by atoms with Gasteiger partial charge < -0.3 is 4.90 Å². The summed E-state index contributed by atoms with van der Waals surface area (Å²) in [5, 5.41) is 2.12. The van der Waals surface area contributed by atoms with Crippen LogP contribution < -0.4 is 0 Å². The average Bonchev–Trinajstić information content (AvgIpc) is 3.11. The predicted octanol–water partition coefficient (Wildman–Crippen LogP) is 2.76. The third-order valence-corrected chi connectivity index (χ3v) is 5.38. The monoisotopic (exact) mass is 307 g/mol. The van der Waals surface area contributed by atoms with E-state index >= 15 is 0 Å². The lowest BCUT2D eigenvalue weighted by Gasteiger charge is -2.23. The average molecular weight is 307 g/mol. The van der Waals surface area contributed by atoms with Crippen LogP contribution in [0.3, 0.4) is 0 Å². The first-order chi connectivity index (χ1) is 10.3. The zero-order valence-corrected chi connectivity index (χ0v) is 13.5. The molecule has 4 nitrogen and oxygen atoms in total. The first-order valence-corrected chi connectivity index (χ1v) is 9.13. The maximum atomic E-state index is 12.4. The van der Waals surface area contributed by atoms with E-state index in [1.54, 1.807) is 11.3 Å². The van der Waals surface area contributed by atoms with Crippen molar-refractivity contribution in [3.8, 4) is 0 Å². The molecule has 0 atom stereocenters. The number of aromatic nitrogens is 1. The lowest BCUT2D eigenvalue weighted by Crippen LogP contribution is -2.35. The summed E-state index contributed by atoms with van der Waals surface area (Å²) in [6.07, 6.45) is 7.02. The van der Waals surface area contributed by atoms with Crippen LogP contribution in [0.25, 0.3) is 0 Å². The standard InChI is InChI=1S/C16H25N3OS/c20-16(10-14-4-1-2-5-14)19-7-3-6-18(8-9-19)11-15-12-21-13-17-15/h12-14H,1-11H2. The molecule has 1 saturated heterocycles. The van der Waals surface area contributed by atoms with E-state index in [1.165, 1.54) is 25.7 Å². The number of hydrogen-bond donors (Lipinski definition) is 0. The molecule has 1 saturated carbocycles. The van der Waals surface area contributed by atoms with Gasteiger partial charge in [0.2, 0.25) is 5.91 Å². The molecule has 1 aromatic heterocycles. The fourth-order valence-corrected chi connectivity index (χ4v) is 4.06. The highest BCUT2D eigenvalue weighted by Crippen LogP contribution is 2.28. The van der Waals surface area contributed by atoms with Crippen molar-refractivity contribution in [1.29, 1.82) is 0 Å². The van der Waals surface area contributed by atoms with Crippen LogP contribution in [-0.2, 0) is 11.3 Å². The molecule has 1 amide bonds. The van der Waals surface area contributed by atoms with E-state index in [4.69, 9.17) is 0 Å². The fourth-order valence-electron chi connectivity index (χ4n) is 3.51. The predicted molar refractivity (Wildman–Crippen MR) is 85.2 cm³/mol. The van der Waals surface area contributed by atoms with Crippen LogP contribution in [0.15, 0.2) is 10.9 Å². The van der Waals surface area contributed by atoms with Crippen molar-refractivity contribution >= 4 is 17.2 Å². The van der Waals surface area contributed by atoms with Gasteiger partial charge in [-0.2, -0.15) is 0 Å². The maximum absolute atomic E-state index is 12.4. The Morgan fingerprint density at radius 1 is 1.19 bits per heavy atom. The Bertz CT molecular complexity index is 442. The van der Waals surface area contributed by atoms with E-state index in [2.05, 4.69) is 20.2 Å². The summed E-state index contributed by atoms with van der Waals surface area (Å²) in [6.45, 7) is 4.79. The molecule has 1 aliphatic carbocycles. The second-order valence-electron chi connectivity index (χ2n) is 6.34. The van der Waals surface area contributed by atoms with Crippen molar-refractivity contribution in [2.24, 2.45) is 5.92 Å². The van der Waals surface area contributed by atoms with Gasteiger partial charge in [-0.25, -0.2) is 4.98 Å². The van der Waals surface area contributed by atoms with Gasteiger partial charge in [0.05, 0.1) is 11.2 Å². The van der Waals surface area contributed by atoms with Gasteiger partial charge in [-0.15, -0.1) is 11.3 Å². The minimum Gasteiger partial charge on any atom is -0.341 e. The normalized spacial score (nSPS) is 21.6. The van der Waals surface area contributed by atoms with Crippen LogP contribution in [0.5, 0.6) is 0 Å². The van der Waals surface area contributed by atoms with Gasteiger partial charge in [-0.1, -0.05) is 12.8 Å². The van der Waals surface area contributed by atoms with E-state index in [1.807, 2.05) is 5.51 Å². The van der Waals surface area contributed by atoms with Gasteiger partial charge in [-0.3, -0.25) is 9.69 Å². The molecule has 0 aromatic carbocycles. The van der Waals surface area contributed by atoms with Gasteiger partial charge in [0.15, 0.2) is 0 Å². The Morgan fingerprint density at radius 3 is 2.81 bits per heavy atom. The van der Waals surface area contributed by atoms with Gasteiger partial charge in [0.1, 0.15) is 0 Å². The SMILES string of the molecule is O=C(CC1CCCC1)N1CCCN(Cc2cscn2)CC1. The highest BCUT2D eigenvalue weighted by molar-refractivity contribution is 7.07. The molecule has 3 rings (SSSR count). The topological polar surface area (TPSA) is 36.4 Å². The lowest BCUT2D eigenvalue weighted by atomic mass is 10.0. The molecule has 116 valence electrons. The third kappa shape index (κ3) is 4.27. The molecule has 0 radical (unpaired) electrons. The van der Waals surface area contributed by atoms with Gasteiger partial charge in [0, 0.05) is 44.5 Å². The smallest absolute Gasteiger partial charge is 0.222 e. The summed E-state index contributed by atoms with van der Waals surface area (Å²) in [4.78, 5) is 21.3. The number of hydrogen-bond acceptors (Lipinski definition) is 4. The quantitative estimate of drug-likeness (QED) is 0.858. The summed E-state index contributed by atoms with van der Waals surface area (Å²) in [7, 11) is 0. The largest absolute Gasteiger partial charge is 0.341 e. The molecule has 0 N–H and O–H groups in total. The van der Waals surface area contributed by atoms with Crippen LogP contribution in [0.1, 0.15) is 44.2 Å². The Morgan fingerprint density at radius 2 is 2.05 bits per heavy atom. The molecule has 2 heterocycles. The van der Waals surface area contributed by atoms with E-state index < -0.39 is 0 Å². The Kier molecular flexibility index (Phi) is 5.25. The molecule has 5 heteroatoms. The summed E-state index contributed by atoms with van der Waals surface area (Å²) in [5.74, 6) is 1.05. The van der Waals surface area contributed by atoms with E-state index in [0.717, 1.165) is 51.3 Å². The summed E-state index contributed by atoms with van der Waals surface area (Å²) in [6, 6.07) is 0. The van der Waals surface area contributed by atoms with Crippen LogP contribution in [0, 0.1) is 5.92 Å². The maximum Gasteiger partial charge on any atom is 0.222 e. The molecular weight excluding hydrogens is 282 g/mol. The van der Waals surface area contributed by atoms with Crippen molar-refractivity contribution in [1.82, 2.24) is 14.8 Å². The summed E-state index contributed by atoms with van der Waals surface area (Å²) >= 11 is 1.65. The number of rotatable bonds is 4. The number of carbonyl (C=O) groups excluding carboxylic acids is 1. The second kappa shape index (κ2) is 7.36. The fraction of sp³-hybridized carbons (Fsp3) is 0.750. The first kappa shape index (κ1) is 15.0. The Hall–Kier alpha value is -0.940. The highest BCUT2D eigenvalue weighted by atomic mass is 32.1. The molecule has 2 aliphatic rings. The van der Waals surface area contributed by atoms with Gasteiger partial charge in [0.25, 0.3) is 0 Å². The van der Waals surface area contributed by atoms with Crippen LogP contribution >= 0.6 is 11.3 Å². The van der Waals surface area contributed by atoms with Crippen LogP contribution in [0.4, 0.5) is 0 Å². The number of carbonyl (C=O) groups is 1. The van der Waals surface area contributed by atoms with Crippen molar-refractivity contribution in [3.63, 3.8) is 0 Å². The Labute approximate surface area is 131 Å². The van der Waals surface area contributed by atoms with E-state index in [0.29, 0.717) is 11.8 Å².